The third-order valence-corrected chi connectivity index (χ3v) is 2.00. The molecule has 1 aromatic carbocycles. The molecule has 1 amide bonds. The van der Waals surface area contributed by atoms with Crippen LogP contribution in [0.4, 0.5) is 0 Å². The largest absolute Gasteiger partial charge is 0.366 e. The molecule has 0 unspecified atom stereocenters. The van der Waals surface area contributed by atoms with E-state index >= 15 is 0 Å². The van der Waals surface area contributed by atoms with Crippen LogP contribution in [0.1, 0.15) is 10.4 Å². The Hall–Kier alpha value is -1.94. The zero-order valence-electron chi connectivity index (χ0n) is 8.33. The zero-order chi connectivity index (χ0) is 10.7. The first-order valence-electron chi connectivity index (χ1n) is 4.45. The lowest BCUT2D eigenvalue weighted by molar-refractivity contribution is 0.100. The van der Waals surface area contributed by atoms with E-state index in [1.165, 1.54) is 0 Å². The maximum atomic E-state index is 11.2. The SMILES string of the molecule is Cl.NC(=O)c1ccccc1-c1ncccn1. The zero-order valence-corrected chi connectivity index (χ0v) is 9.15. The molecule has 0 fully saturated rings. The second-order valence-corrected chi connectivity index (χ2v) is 2.98. The van der Waals surface area contributed by atoms with E-state index in [1.807, 2.05) is 6.07 Å². The predicted octanol–water partition coefficient (Wildman–Crippen LogP) is 1.66. The fraction of sp³-hybridized carbons (Fsp3) is 0. The van der Waals surface area contributed by atoms with E-state index in [0.29, 0.717) is 17.0 Å². The van der Waals surface area contributed by atoms with Crippen LogP contribution in [0.5, 0.6) is 0 Å². The summed E-state index contributed by atoms with van der Waals surface area (Å²) in [4.78, 5) is 19.3. The molecule has 1 heterocycles. The Labute approximate surface area is 98.9 Å². The summed E-state index contributed by atoms with van der Waals surface area (Å²) in [7, 11) is 0. The third-order valence-electron chi connectivity index (χ3n) is 2.00. The Morgan fingerprint density at radius 1 is 1.06 bits per heavy atom. The number of nitrogens with zero attached hydrogens (tertiary/aromatic N) is 2. The molecule has 1 aromatic heterocycles. The van der Waals surface area contributed by atoms with Crippen molar-refractivity contribution in [2.24, 2.45) is 5.73 Å². The van der Waals surface area contributed by atoms with Gasteiger partial charge in [-0.15, -0.1) is 12.4 Å². The summed E-state index contributed by atoms with van der Waals surface area (Å²) in [5.74, 6) is 0.0324. The molecule has 0 aliphatic rings. The molecule has 4 nitrogen and oxygen atoms in total. The molecule has 0 atom stereocenters. The number of primary amides is 1. The van der Waals surface area contributed by atoms with Gasteiger partial charge in [0.1, 0.15) is 0 Å². The number of benzene rings is 1. The van der Waals surface area contributed by atoms with Crippen LogP contribution < -0.4 is 5.73 Å². The van der Waals surface area contributed by atoms with Crippen molar-refractivity contribution in [1.82, 2.24) is 9.97 Å². The first kappa shape index (κ1) is 12.1. The normalized spacial score (nSPS) is 9.25. The highest BCUT2D eigenvalue weighted by Gasteiger charge is 2.10. The molecule has 0 spiro atoms. The van der Waals surface area contributed by atoms with Gasteiger partial charge in [-0.05, 0) is 12.1 Å². The van der Waals surface area contributed by atoms with E-state index in [9.17, 15) is 4.79 Å². The number of amides is 1. The van der Waals surface area contributed by atoms with Crippen LogP contribution in [0.15, 0.2) is 42.7 Å². The summed E-state index contributed by atoms with van der Waals surface area (Å²) in [5.41, 5.74) is 6.35. The maximum Gasteiger partial charge on any atom is 0.249 e. The monoisotopic (exact) mass is 235 g/mol. The lowest BCUT2D eigenvalue weighted by Crippen LogP contribution is -2.12. The predicted molar refractivity (Wildman–Crippen MR) is 63.2 cm³/mol. The average Bonchev–Trinajstić information content (AvgIpc) is 2.30. The van der Waals surface area contributed by atoms with Crippen molar-refractivity contribution in [2.75, 3.05) is 0 Å². The highest BCUT2D eigenvalue weighted by atomic mass is 35.5. The summed E-state index contributed by atoms with van der Waals surface area (Å²) in [6, 6.07) is 8.73. The van der Waals surface area contributed by atoms with Gasteiger partial charge in [-0.1, -0.05) is 18.2 Å². The van der Waals surface area contributed by atoms with Crippen molar-refractivity contribution in [3.8, 4) is 11.4 Å². The number of carbonyl (C=O) groups excluding carboxylic acids is 1. The molecule has 82 valence electrons. The van der Waals surface area contributed by atoms with E-state index in [0.717, 1.165) is 0 Å². The second kappa shape index (κ2) is 5.23. The molecule has 0 aliphatic carbocycles. The lowest BCUT2D eigenvalue weighted by Gasteiger charge is -2.03. The van der Waals surface area contributed by atoms with E-state index in [4.69, 9.17) is 5.73 Å². The van der Waals surface area contributed by atoms with Gasteiger partial charge in [-0.2, -0.15) is 0 Å². The number of carbonyl (C=O) groups is 1. The van der Waals surface area contributed by atoms with E-state index in [2.05, 4.69) is 9.97 Å². The van der Waals surface area contributed by atoms with Gasteiger partial charge in [0.05, 0.1) is 5.56 Å². The number of hydrogen-bond donors (Lipinski definition) is 1. The average molecular weight is 236 g/mol. The fourth-order valence-electron chi connectivity index (χ4n) is 1.33. The molecule has 0 saturated carbocycles. The minimum absolute atomic E-state index is 0. The molecule has 16 heavy (non-hydrogen) atoms. The molecular formula is C11H10ClN3O. The Morgan fingerprint density at radius 2 is 1.69 bits per heavy atom. The van der Waals surface area contributed by atoms with Gasteiger partial charge in [0.15, 0.2) is 5.82 Å². The van der Waals surface area contributed by atoms with Crippen molar-refractivity contribution < 1.29 is 4.79 Å². The number of halogens is 1. The van der Waals surface area contributed by atoms with E-state index in [-0.39, 0.29) is 12.4 Å². The Bertz CT molecular complexity index is 488. The summed E-state index contributed by atoms with van der Waals surface area (Å²) in [6.07, 6.45) is 3.25. The second-order valence-electron chi connectivity index (χ2n) is 2.98. The molecular weight excluding hydrogens is 226 g/mol. The highest BCUT2D eigenvalue weighted by molar-refractivity contribution is 5.98. The first-order valence-corrected chi connectivity index (χ1v) is 4.45. The van der Waals surface area contributed by atoms with Crippen LogP contribution in [0, 0.1) is 0 Å². The van der Waals surface area contributed by atoms with Crippen LogP contribution in [0.2, 0.25) is 0 Å². The van der Waals surface area contributed by atoms with Gasteiger partial charge < -0.3 is 5.73 Å². The van der Waals surface area contributed by atoms with Crippen molar-refractivity contribution in [3.05, 3.63) is 48.3 Å². The first-order chi connectivity index (χ1) is 7.29. The van der Waals surface area contributed by atoms with Gasteiger partial charge in [0.25, 0.3) is 0 Å². The van der Waals surface area contributed by atoms with Crippen molar-refractivity contribution in [1.29, 1.82) is 0 Å². The van der Waals surface area contributed by atoms with E-state index < -0.39 is 5.91 Å². The smallest absolute Gasteiger partial charge is 0.249 e. The van der Waals surface area contributed by atoms with Gasteiger partial charge >= 0.3 is 0 Å². The number of hydrogen-bond acceptors (Lipinski definition) is 3. The Morgan fingerprint density at radius 3 is 2.31 bits per heavy atom. The van der Waals surface area contributed by atoms with Gasteiger partial charge in [0.2, 0.25) is 5.91 Å². The summed E-state index contributed by atoms with van der Waals surface area (Å²) in [6.45, 7) is 0. The van der Waals surface area contributed by atoms with Crippen LogP contribution in [-0.4, -0.2) is 15.9 Å². The lowest BCUT2D eigenvalue weighted by atomic mass is 10.1. The van der Waals surface area contributed by atoms with Crippen molar-refractivity contribution in [2.45, 2.75) is 0 Å². The van der Waals surface area contributed by atoms with E-state index in [1.54, 1.807) is 36.7 Å². The number of aromatic nitrogens is 2. The number of nitrogens with two attached hydrogens (primary N) is 1. The highest BCUT2D eigenvalue weighted by Crippen LogP contribution is 2.18. The van der Waals surface area contributed by atoms with Crippen LogP contribution in [0.3, 0.4) is 0 Å². The Kier molecular flexibility index (Phi) is 3.96. The molecule has 0 aliphatic heterocycles. The molecule has 0 bridgehead atoms. The minimum atomic E-state index is -0.474. The number of rotatable bonds is 2. The minimum Gasteiger partial charge on any atom is -0.366 e. The molecule has 0 saturated heterocycles. The molecule has 0 radical (unpaired) electrons. The molecule has 2 aromatic rings. The fourth-order valence-corrected chi connectivity index (χ4v) is 1.33. The summed E-state index contributed by atoms with van der Waals surface area (Å²) in [5, 5.41) is 0. The van der Waals surface area contributed by atoms with Crippen LogP contribution in [-0.2, 0) is 0 Å². The van der Waals surface area contributed by atoms with Gasteiger partial charge in [-0.25, -0.2) is 9.97 Å². The van der Waals surface area contributed by atoms with Crippen molar-refractivity contribution >= 4 is 18.3 Å². The molecule has 2 rings (SSSR count). The quantitative estimate of drug-likeness (QED) is 0.861. The van der Waals surface area contributed by atoms with Crippen molar-refractivity contribution in [3.63, 3.8) is 0 Å². The summed E-state index contributed by atoms with van der Waals surface area (Å²) < 4.78 is 0. The van der Waals surface area contributed by atoms with Gasteiger partial charge in [0, 0.05) is 18.0 Å². The standard InChI is InChI=1S/C11H9N3O.ClH/c12-10(15)8-4-1-2-5-9(8)11-13-6-3-7-14-11;/h1-7H,(H2,12,15);1H. The molecule has 5 heteroatoms. The molecule has 2 N–H and O–H groups in total. The third kappa shape index (κ3) is 2.35. The maximum absolute atomic E-state index is 11.2. The van der Waals surface area contributed by atoms with Crippen LogP contribution in [0.25, 0.3) is 11.4 Å². The Balaban J connectivity index is 0.00000128. The summed E-state index contributed by atoms with van der Waals surface area (Å²) >= 11 is 0. The topological polar surface area (TPSA) is 68.9 Å². The van der Waals surface area contributed by atoms with Gasteiger partial charge in [-0.3, -0.25) is 4.79 Å². The van der Waals surface area contributed by atoms with Crippen LogP contribution >= 0.6 is 12.4 Å².